The number of carbonyl (C=O) groups excluding carboxylic acids is 3. The molecule has 232 valence electrons. The molecule has 6 rings (SSSR count). The standard InChI is InChI=1S/C35H36FN5O4/c1-2-18-39(35(45)37-20-25-10-14-28(36)15-11-25)40-23-33(43)41-31(19-24-12-16-29(42)17-13-24)34(44)38(22-32(40)41)21-27-8-5-7-26-6-3-4-9-30(26)27/h3-17,31-32,42H,2,18-23H2,1H3,(H,37,45)/t31-,32+/m0/s1. The molecule has 4 aromatic carbocycles. The minimum atomic E-state index is -0.786. The highest BCUT2D eigenvalue weighted by molar-refractivity contribution is 5.92. The fourth-order valence-corrected chi connectivity index (χ4v) is 6.31. The van der Waals surface area contributed by atoms with E-state index in [0.29, 0.717) is 19.5 Å². The van der Waals surface area contributed by atoms with Gasteiger partial charge in [-0.1, -0.05) is 73.7 Å². The maximum Gasteiger partial charge on any atom is 0.332 e. The molecular weight excluding hydrogens is 573 g/mol. The average Bonchev–Trinajstić information content (AvgIpc) is 3.37. The normalized spacial score (nSPS) is 18.4. The summed E-state index contributed by atoms with van der Waals surface area (Å²) in [6.07, 6.45) is 0.360. The molecule has 0 aliphatic carbocycles. The van der Waals surface area contributed by atoms with Gasteiger partial charge in [-0.05, 0) is 58.1 Å². The second-order valence-electron chi connectivity index (χ2n) is 11.5. The molecule has 45 heavy (non-hydrogen) atoms. The lowest BCUT2D eigenvalue weighted by Gasteiger charge is -2.46. The van der Waals surface area contributed by atoms with E-state index in [9.17, 15) is 23.9 Å². The number of nitrogens with one attached hydrogen (secondary N) is 1. The fourth-order valence-electron chi connectivity index (χ4n) is 6.31. The van der Waals surface area contributed by atoms with Gasteiger partial charge in [-0.25, -0.2) is 9.18 Å². The lowest BCUT2D eigenvalue weighted by atomic mass is 9.99. The Bertz CT molecular complexity index is 1690. The Labute approximate surface area is 261 Å². The van der Waals surface area contributed by atoms with Crippen LogP contribution >= 0.6 is 0 Å². The molecule has 10 heteroatoms. The van der Waals surface area contributed by atoms with Crippen LogP contribution in [0.5, 0.6) is 5.75 Å². The van der Waals surface area contributed by atoms with Crippen molar-refractivity contribution in [2.45, 2.75) is 45.1 Å². The molecule has 0 aromatic heterocycles. The van der Waals surface area contributed by atoms with Crippen LogP contribution in [0.15, 0.2) is 91.0 Å². The summed E-state index contributed by atoms with van der Waals surface area (Å²) in [7, 11) is 0. The number of carbonyl (C=O) groups is 3. The van der Waals surface area contributed by atoms with E-state index in [2.05, 4.69) is 5.32 Å². The van der Waals surface area contributed by atoms with Crippen molar-refractivity contribution in [1.29, 1.82) is 0 Å². The van der Waals surface area contributed by atoms with Crippen molar-refractivity contribution < 1.29 is 23.9 Å². The van der Waals surface area contributed by atoms with E-state index in [1.54, 1.807) is 56.2 Å². The summed E-state index contributed by atoms with van der Waals surface area (Å²) in [5, 5.41) is 18.2. The molecule has 2 heterocycles. The van der Waals surface area contributed by atoms with Gasteiger partial charge in [0.15, 0.2) is 0 Å². The second kappa shape index (κ2) is 13.0. The van der Waals surface area contributed by atoms with E-state index < -0.39 is 12.2 Å². The number of rotatable bonds is 9. The third-order valence-corrected chi connectivity index (χ3v) is 8.51. The zero-order valence-corrected chi connectivity index (χ0v) is 25.1. The second-order valence-corrected chi connectivity index (χ2v) is 11.5. The van der Waals surface area contributed by atoms with E-state index in [1.807, 2.05) is 49.4 Å². The van der Waals surface area contributed by atoms with Gasteiger partial charge in [0.2, 0.25) is 11.8 Å². The first kappa shape index (κ1) is 30.1. The highest BCUT2D eigenvalue weighted by Crippen LogP contribution is 2.31. The molecule has 2 aliphatic heterocycles. The molecule has 2 N–H and O–H groups in total. The number of urea groups is 1. The van der Waals surface area contributed by atoms with Crippen LogP contribution in [-0.4, -0.2) is 74.6 Å². The SMILES string of the molecule is CCCN(C(=O)NCc1ccc(F)cc1)N1CC(=O)N2[C@@H](Cc3ccc(O)cc3)C(=O)N(Cc3cccc4ccccc34)C[C@@H]21. The quantitative estimate of drug-likeness (QED) is 0.288. The number of piperazine rings is 1. The molecular formula is C35H36FN5O4. The van der Waals surface area contributed by atoms with E-state index in [0.717, 1.165) is 27.5 Å². The fraction of sp³-hybridized carbons (Fsp3) is 0.286. The van der Waals surface area contributed by atoms with Crippen LogP contribution in [0.4, 0.5) is 9.18 Å². The van der Waals surface area contributed by atoms with E-state index in [4.69, 9.17) is 0 Å². The smallest absolute Gasteiger partial charge is 0.332 e. The number of halogens is 1. The van der Waals surface area contributed by atoms with Gasteiger partial charge in [-0.2, -0.15) is 5.01 Å². The Morgan fingerprint density at radius 2 is 1.67 bits per heavy atom. The monoisotopic (exact) mass is 609 g/mol. The average molecular weight is 610 g/mol. The zero-order chi connectivity index (χ0) is 31.5. The number of phenolic OH excluding ortho intramolecular Hbond substituents is 1. The van der Waals surface area contributed by atoms with Gasteiger partial charge in [0.1, 0.15) is 23.8 Å². The number of benzene rings is 4. The topological polar surface area (TPSA) is 96.4 Å². The summed E-state index contributed by atoms with van der Waals surface area (Å²) in [6.45, 7) is 3.06. The van der Waals surface area contributed by atoms with Crippen molar-refractivity contribution in [2.75, 3.05) is 19.6 Å². The number of hydrogen-bond acceptors (Lipinski definition) is 5. The minimum absolute atomic E-state index is 0.0455. The van der Waals surface area contributed by atoms with Crippen LogP contribution in [0.2, 0.25) is 0 Å². The number of hydrazine groups is 1. The Hall–Kier alpha value is -4.96. The Balaban J connectivity index is 1.31. The van der Waals surface area contributed by atoms with Crippen LogP contribution in [0.3, 0.4) is 0 Å². The number of phenols is 1. The zero-order valence-electron chi connectivity index (χ0n) is 25.1. The van der Waals surface area contributed by atoms with Gasteiger partial charge in [0.05, 0.1) is 13.1 Å². The number of fused-ring (bicyclic) bond motifs is 2. The molecule has 9 nitrogen and oxygen atoms in total. The molecule has 2 atom stereocenters. The summed E-state index contributed by atoms with van der Waals surface area (Å²) in [5.74, 6) is -0.621. The molecule has 0 saturated carbocycles. The number of nitrogens with zero attached hydrogens (tertiary/aromatic N) is 4. The Morgan fingerprint density at radius 1 is 0.956 bits per heavy atom. The summed E-state index contributed by atoms with van der Waals surface area (Å²) in [6, 6.07) is 25.5. The Kier molecular flexibility index (Phi) is 8.66. The van der Waals surface area contributed by atoms with Crippen LogP contribution in [0, 0.1) is 5.82 Å². The molecule has 0 bridgehead atoms. The van der Waals surface area contributed by atoms with Crippen molar-refractivity contribution in [1.82, 2.24) is 25.1 Å². The molecule has 0 radical (unpaired) electrons. The molecule has 2 saturated heterocycles. The first-order valence-corrected chi connectivity index (χ1v) is 15.2. The highest BCUT2D eigenvalue weighted by Gasteiger charge is 2.52. The molecule has 4 amide bonds. The molecule has 0 unspecified atom stereocenters. The molecule has 4 aromatic rings. The van der Waals surface area contributed by atoms with Crippen molar-refractivity contribution in [3.8, 4) is 5.75 Å². The summed E-state index contributed by atoms with van der Waals surface area (Å²) >= 11 is 0. The van der Waals surface area contributed by atoms with E-state index in [1.165, 1.54) is 12.1 Å². The predicted octanol–water partition coefficient (Wildman–Crippen LogP) is 4.65. The van der Waals surface area contributed by atoms with Crippen LogP contribution in [-0.2, 0) is 29.1 Å². The third-order valence-electron chi connectivity index (χ3n) is 8.51. The lowest BCUT2D eigenvalue weighted by Crippen LogP contribution is -2.66. The van der Waals surface area contributed by atoms with Crippen molar-refractivity contribution >= 4 is 28.6 Å². The van der Waals surface area contributed by atoms with Crippen molar-refractivity contribution in [2.24, 2.45) is 0 Å². The lowest BCUT2D eigenvalue weighted by molar-refractivity contribution is -0.157. The molecule has 0 spiro atoms. The van der Waals surface area contributed by atoms with Crippen molar-refractivity contribution in [3.05, 3.63) is 114 Å². The van der Waals surface area contributed by atoms with Gasteiger partial charge >= 0.3 is 6.03 Å². The first-order valence-electron chi connectivity index (χ1n) is 15.2. The number of hydrogen-bond donors (Lipinski definition) is 2. The maximum absolute atomic E-state index is 14.2. The number of amides is 4. The third kappa shape index (κ3) is 6.32. The van der Waals surface area contributed by atoms with Gasteiger partial charge in [0.25, 0.3) is 0 Å². The number of aromatic hydroxyl groups is 1. The summed E-state index contributed by atoms with van der Waals surface area (Å²) in [5.41, 5.74) is 2.56. The van der Waals surface area contributed by atoms with E-state index in [-0.39, 0.29) is 55.5 Å². The molecule has 2 fully saturated rings. The van der Waals surface area contributed by atoms with Gasteiger partial charge in [-0.15, -0.1) is 0 Å². The Morgan fingerprint density at radius 3 is 2.42 bits per heavy atom. The minimum Gasteiger partial charge on any atom is -0.508 e. The van der Waals surface area contributed by atoms with E-state index >= 15 is 0 Å². The highest BCUT2D eigenvalue weighted by atomic mass is 19.1. The van der Waals surface area contributed by atoms with Gasteiger partial charge < -0.3 is 20.2 Å². The van der Waals surface area contributed by atoms with Gasteiger partial charge in [-0.3, -0.25) is 14.6 Å². The maximum atomic E-state index is 14.2. The van der Waals surface area contributed by atoms with Crippen LogP contribution in [0.25, 0.3) is 10.8 Å². The van der Waals surface area contributed by atoms with Gasteiger partial charge in [0, 0.05) is 26.1 Å². The summed E-state index contributed by atoms with van der Waals surface area (Å²) < 4.78 is 13.4. The van der Waals surface area contributed by atoms with Crippen LogP contribution in [0.1, 0.15) is 30.0 Å². The van der Waals surface area contributed by atoms with Crippen molar-refractivity contribution in [3.63, 3.8) is 0 Å². The van der Waals surface area contributed by atoms with Crippen LogP contribution < -0.4 is 5.32 Å². The summed E-state index contributed by atoms with van der Waals surface area (Å²) in [4.78, 5) is 44.9. The first-order chi connectivity index (χ1) is 21.8. The predicted molar refractivity (Wildman–Crippen MR) is 168 cm³/mol. The molecule has 2 aliphatic rings. The largest absolute Gasteiger partial charge is 0.508 e.